The molecule has 1 heterocycles. The summed E-state index contributed by atoms with van der Waals surface area (Å²) in [4.78, 5) is 4.03. The topological polar surface area (TPSA) is 68.4 Å². The van der Waals surface area contributed by atoms with Gasteiger partial charge in [-0.05, 0) is 32.0 Å². The lowest BCUT2D eigenvalue weighted by atomic mass is 10.1. The van der Waals surface area contributed by atoms with Gasteiger partial charge in [-0.25, -0.2) is 0 Å². The van der Waals surface area contributed by atoms with Crippen LogP contribution in [0, 0.1) is 6.92 Å². The number of aromatic nitrogens is 2. The highest BCUT2D eigenvalue weighted by Crippen LogP contribution is 2.28. The third kappa shape index (κ3) is 3.00. The van der Waals surface area contributed by atoms with Crippen LogP contribution >= 0.6 is 11.6 Å². The van der Waals surface area contributed by atoms with Gasteiger partial charge in [0.2, 0.25) is 0 Å². The lowest BCUT2D eigenvalue weighted by Gasteiger charge is -2.12. The summed E-state index contributed by atoms with van der Waals surface area (Å²) in [5.74, 6) is 1.49. The Morgan fingerprint density at radius 3 is 2.89 bits per heavy atom. The zero-order chi connectivity index (χ0) is 13.1. The van der Waals surface area contributed by atoms with E-state index >= 15 is 0 Å². The van der Waals surface area contributed by atoms with Crippen LogP contribution in [0.5, 0.6) is 5.75 Å². The van der Waals surface area contributed by atoms with Gasteiger partial charge in [-0.3, -0.25) is 0 Å². The molecule has 0 aliphatic rings. The molecule has 0 unspecified atom stereocenters. The van der Waals surface area contributed by atoms with Crippen LogP contribution in [-0.2, 0) is 6.61 Å². The molecular weight excluding hydrogens is 256 g/mol. The van der Waals surface area contributed by atoms with Gasteiger partial charge in [0.25, 0.3) is 5.89 Å². The van der Waals surface area contributed by atoms with E-state index in [1.54, 1.807) is 32.0 Å². The first kappa shape index (κ1) is 12.9. The van der Waals surface area contributed by atoms with Gasteiger partial charge in [-0.2, -0.15) is 4.98 Å². The van der Waals surface area contributed by atoms with Crippen LogP contribution in [0.4, 0.5) is 0 Å². The Balaban J connectivity index is 2.13. The van der Waals surface area contributed by atoms with E-state index in [1.165, 1.54) is 0 Å². The fraction of sp³-hybridized carbons (Fsp3) is 0.333. The maximum Gasteiger partial charge on any atom is 0.264 e. The lowest BCUT2D eigenvalue weighted by molar-refractivity contribution is 0.185. The van der Waals surface area contributed by atoms with E-state index in [9.17, 15) is 5.11 Å². The monoisotopic (exact) mass is 268 g/mol. The molecule has 6 heteroatoms. The van der Waals surface area contributed by atoms with Gasteiger partial charge >= 0.3 is 0 Å². The Kier molecular flexibility index (Phi) is 3.84. The minimum atomic E-state index is -0.664. The fourth-order valence-electron chi connectivity index (χ4n) is 1.52. The molecule has 1 aromatic heterocycles. The Hall–Kier alpha value is -1.59. The first-order valence-corrected chi connectivity index (χ1v) is 5.83. The first-order valence-electron chi connectivity index (χ1n) is 5.46. The van der Waals surface area contributed by atoms with Crippen LogP contribution in [0.3, 0.4) is 0 Å². The molecule has 0 aliphatic heterocycles. The SMILES string of the molecule is Cc1noc(COc2ccc(Cl)cc2[C@@H](C)O)n1. The van der Waals surface area contributed by atoms with Crippen LogP contribution in [0.2, 0.25) is 5.02 Å². The number of aliphatic hydroxyl groups excluding tert-OH is 1. The van der Waals surface area contributed by atoms with Gasteiger partial charge in [-0.15, -0.1) is 0 Å². The molecule has 1 N–H and O–H groups in total. The second kappa shape index (κ2) is 5.37. The molecule has 18 heavy (non-hydrogen) atoms. The number of hydrogen-bond donors (Lipinski definition) is 1. The predicted molar refractivity (Wildman–Crippen MR) is 65.5 cm³/mol. The molecule has 0 amide bonds. The average molecular weight is 269 g/mol. The van der Waals surface area contributed by atoms with E-state index in [0.717, 1.165) is 0 Å². The second-order valence-corrected chi connectivity index (χ2v) is 4.32. The van der Waals surface area contributed by atoms with Crippen molar-refractivity contribution >= 4 is 11.6 Å². The van der Waals surface area contributed by atoms with Gasteiger partial charge in [0.15, 0.2) is 12.4 Å². The average Bonchev–Trinajstić information content (AvgIpc) is 2.73. The Labute approximate surface area is 109 Å². The standard InChI is InChI=1S/C12H13ClN2O3/c1-7(16)10-5-9(13)3-4-11(10)17-6-12-14-8(2)15-18-12/h3-5,7,16H,6H2,1-2H3/t7-/m1/s1. The number of aryl methyl sites for hydroxylation is 1. The zero-order valence-corrected chi connectivity index (χ0v) is 10.8. The first-order chi connectivity index (χ1) is 8.56. The smallest absolute Gasteiger partial charge is 0.264 e. The van der Waals surface area contributed by atoms with Crippen molar-refractivity contribution in [2.45, 2.75) is 26.6 Å². The summed E-state index contributed by atoms with van der Waals surface area (Å²) < 4.78 is 10.5. The van der Waals surface area contributed by atoms with E-state index in [4.69, 9.17) is 20.9 Å². The summed E-state index contributed by atoms with van der Waals surface area (Å²) >= 11 is 5.87. The molecule has 5 nitrogen and oxygen atoms in total. The summed E-state index contributed by atoms with van der Waals surface area (Å²) in [5, 5.41) is 13.9. The van der Waals surface area contributed by atoms with E-state index in [0.29, 0.717) is 28.1 Å². The summed E-state index contributed by atoms with van der Waals surface area (Å²) in [5.41, 5.74) is 0.624. The molecule has 96 valence electrons. The normalized spacial score (nSPS) is 12.4. The molecule has 0 bridgehead atoms. The van der Waals surface area contributed by atoms with Gasteiger partial charge < -0.3 is 14.4 Å². The van der Waals surface area contributed by atoms with E-state index in [1.807, 2.05) is 0 Å². The van der Waals surface area contributed by atoms with Gasteiger partial charge in [-0.1, -0.05) is 16.8 Å². The van der Waals surface area contributed by atoms with Crippen molar-refractivity contribution in [2.24, 2.45) is 0 Å². The molecule has 1 atom stereocenters. The quantitative estimate of drug-likeness (QED) is 0.923. The van der Waals surface area contributed by atoms with Gasteiger partial charge in [0, 0.05) is 10.6 Å². The van der Waals surface area contributed by atoms with Gasteiger partial charge in [0.1, 0.15) is 5.75 Å². The van der Waals surface area contributed by atoms with Crippen LogP contribution in [-0.4, -0.2) is 15.2 Å². The molecule has 2 rings (SSSR count). The van der Waals surface area contributed by atoms with Crippen molar-refractivity contribution in [3.05, 3.63) is 40.5 Å². The van der Waals surface area contributed by atoms with Crippen LogP contribution < -0.4 is 4.74 Å². The lowest BCUT2D eigenvalue weighted by Crippen LogP contribution is -2.01. The predicted octanol–water partition coefficient (Wildman–Crippen LogP) is 2.66. The molecule has 2 aromatic rings. The molecule has 0 fully saturated rings. The Bertz CT molecular complexity index is 540. The van der Waals surface area contributed by atoms with Crippen LogP contribution in [0.1, 0.15) is 30.3 Å². The molecule has 0 radical (unpaired) electrons. The van der Waals surface area contributed by atoms with Gasteiger partial charge in [0.05, 0.1) is 6.10 Å². The highest BCUT2D eigenvalue weighted by atomic mass is 35.5. The number of halogens is 1. The number of benzene rings is 1. The number of ether oxygens (including phenoxy) is 1. The minimum absolute atomic E-state index is 0.155. The van der Waals surface area contributed by atoms with Crippen LogP contribution in [0.15, 0.2) is 22.7 Å². The fourth-order valence-corrected chi connectivity index (χ4v) is 1.70. The molecule has 0 saturated carbocycles. The van der Waals surface area contributed by atoms with Crippen molar-refractivity contribution in [2.75, 3.05) is 0 Å². The Morgan fingerprint density at radius 1 is 1.50 bits per heavy atom. The van der Waals surface area contributed by atoms with E-state index in [-0.39, 0.29) is 6.61 Å². The summed E-state index contributed by atoms with van der Waals surface area (Å²) in [6.07, 6.45) is -0.664. The highest BCUT2D eigenvalue weighted by molar-refractivity contribution is 6.30. The molecule has 1 aromatic carbocycles. The number of hydrogen-bond acceptors (Lipinski definition) is 5. The largest absolute Gasteiger partial charge is 0.483 e. The molecular formula is C12H13ClN2O3. The zero-order valence-electron chi connectivity index (χ0n) is 10.1. The summed E-state index contributed by atoms with van der Waals surface area (Å²) in [7, 11) is 0. The second-order valence-electron chi connectivity index (χ2n) is 3.88. The molecule has 0 spiro atoms. The maximum atomic E-state index is 9.64. The molecule has 0 aliphatic carbocycles. The number of aliphatic hydroxyl groups is 1. The maximum absolute atomic E-state index is 9.64. The minimum Gasteiger partial charge on any atom is -0.483 e. The highest BCUT2D eigenvalue weighted by Gasteiger charge is 2.11. The van der Waals surface area contributed by atoms with Crippen molar-refractivity contribution in [1.82, 2.24) is 10.1 Å². The van der Waals surface area contributed by atoms with Crippen LogP contribution in [0.25, 0.3) is 0 Å². The third-order valence-electron chi connectivity index (χ3n) is 2.34. The number of nitrogens with zero attached hydrogens (tertiary/aromatic N) is 2. The Morgan fingerprint density at radius 2 is 2.28 bits per heavy atom. The van der Waals surface area contributed by atoms with Crippen molar-refractivity contribution < 1.29 is 14.4 Å². The molecule has 0 saturated heterocycles. The third-order valence-corrected chi connectivity index (χ3v) is 2.58. The summed E-state index contributed by atoms with van der Waals surface area (Å²) in [6, 6.07) is 5.07. The van der Waals surface area contributed by atoms with E-state index < -0.39 is 6.10 Å². The number of rotatable bonds is 4. The van der Waals surface area contributed by atoms with Crippen molar-refractivity contribution in [1.29, 1.82) is 0 Å². The van der Waals surface area contributed by atoms with Crippen molar-refractivity contribution in [3.63, 3.8) is 0 Å². The van der Waals surface area contributed by atoms with E-state index in [2.05, 4.69) is 10.1 Å². The summed E-state index contributed by atoms with van der Waals surface area (Å²) in [6.45, 7) is 3.54. The van der Waals surface area contributed by atoms with Crippen molar-refractivity contribution in [3.8, 4) is 5.75 Å².